The summed E-state index contributed by atoms with van der Waals surface area (Å²) >= 11 is 0. The molecule has 1 aromatic rings. The summed E-state index contributed by atoms with van der Waals surface area (Å²) in [5.74, 6) is 0.369. The lowest BCUT2D eigenvalue weighted by molar-refractivity contribution is -0.878. The lowest BCUT2D eigenvalue weighted by atomic mass is 9.85. The van der Waals surface area contributed by atoms with Gasteiger partial charge in [0.1, 0.15) is 5.60 Å². The smallest absolute Gasteiger partial charge is 0.482 e. The molecule has 0 radical (unpaired) electrons. The monoisotopic (exact) mass is 499 g/mol. The van der Waals surface area contributed by atoms with Crippen LogP contribution in [0.2, 0.25) is 0 Å². The molecule has 3 atom stereocenters. The van der Waals surface area contributed by atoms with E-state index in [0.29, 0.717) is 44.0 Å². The fourth-order valence-corrected chi connectivity index (χ4v) is 5.62. The summed E-state index contributed by atoms with van der Waals surface area (Å²) in [5, 5.41) is 3.48. The van der Waals surface area contributed by atoms with E-state index < -0.39 is 21.6 Å². The van der Waals surface area contributed by atoms with Crippen molar-refractivity contribution in [2.24, 2.45) is 0 Å². The fraction of sp³-hybridized carbons (Fsp3) is 0.739. The van der Waals surface area contributed by atoms with Crippen molar-refractivity contribution < 1.29 is 36.9 Å². The first-order chi connectivity index (χ1) is 15.8. The Morgan fingerprint density at radius 3 is 2.26 bits per heavy atom. The minimum atomic E-state index is -4.82. The van der Waals surface area contributed by atoms with E-state index in [2.05, 4.69) is 17.5 Å². The Hall–Kier alpha value is -1.63. The van der Waals surface area contributed by atoms with E-state index in [4.69, 9.17) is 18.7 Å². The Morgan fingerprint density at radius 2 is 1.76 bits per heavy atom. The first-order valence-corrected chi connectivity index (χ1v) is 13.5. The van der Waals surface area contributed by atoms with Crippen LogP contribution in [0.5, 0.6) is 0 Å². The Kier molecular flexibility index (Phi) is 8.70. The molecule has 192 valence electrons. The molecule has 11 heteroatoms. The summed E-state index contributed by atoms with van der Waals surface area (Å²) in [5.41, 5.74) is -0.213. The van der Waals surface area contributed by atoms with Crippen molar-refractivity contribution in [3.63, 3.8) is 0 Å². The van der Waals surface area contributed by atoms with Crippen LogP contribution in [-0.2, 0) is 31.1 Å². The molecule has 1 aromatic heterocycles. The molecule has 3 N–H and O–H groups in total. The van der Waals surface area contributed by atoms with Gasteiger partial charge >= 0.3 is 16.2 Å². The van der Waals surface area contributed by atoms with E-state index in [9.17, 15) is 13.0 Å². The zero-order valence-corrected chi connectivity index (χ0v) is 20.8. The Balaban J connectivity index is 0.00000324. The molecule has 2 fully saturated rings. The third-order valence-electron chi connectivity index (χ3n) is 7.20. The largest absolute Gasteiger partial charge is 0.870 e. The topological polar surface area (TPSA) is 141 Å². The van der Waals surface area contributed by atoms with Crippen LogP contribution in [0.25, 0.3) is 0 Å². The Morgan fingerprint density at radius 1 is 1.12 bits per heavy atom. The second kappa shape index (κ2) is 11.0. The maximum Gasteiger partial charge on any atom is 0.482 e. The average Bonchev–Trinajstić information content (AvgIpc) is 2.84. The number of ether oxygens (including phenoxy) is 2. The highest BCUT2D eigenvalue weighted by molar-refractivity contribution is 7.80. The number of nitrogens with one attached hydrogen (secondary N) is 1. The van der Waals surface area contributed by atoms with Crippen LogP contribution >= 0.6 is 0 Å². The molecule has 0 spiro atoms. The quantitative estimate of drug-likeness (QED) is 0.329. The van der Waals surface area contributed by atoms with Gasteiger partial charge in [0.25, 0.3) is 0 Å². The van der Waals surface area contributed by atoms with Gasteiger partial charge in [0.15, 0.2) is 17.0 Å². The molecule has 0 aromatic carbocycles. The van der Waals surface area contributed by atoms with Crippen molar-refractivity contribution in [1.82, 2.24) is 10.3 Å². The standard InChI is InChI=1S/C23H35N3O6S.H2O/c1-3-22(12-6-9-15-30-22)20-17-19(18-11-5-8-14-24-18)25-21(26(20)32-33(27,28)29)23(4-2)13-7-10-16-31-23;/h5,8,17-18,24H,3-4,6-7,9-16H2,1-2H3;1H2. The van der Waals surface area contributed by atoms with E-state index in [1.54, 1.807) is 0 Å². The van der Waals surface area contributed by atoms with Crippen molar-refractivity contribution in [1.29, 1.82) is 0 Å². The van der Waals surface area contributed by atoms with E-state index in [0.717, 1.165) is 50.8 Å². The first kappa shape index (κ1) is 27.0. The Labute approximate surface area is 201 Å². The number of hydrogen-bond acceptors (Lipinski definition) is 8. The van der Waals surface area contributed by atoms with Crippen LogP contribution in [0.1, 0.15) is 94.9 Å². The highest BCUT2D eigenvalue weighted by Gasteiger charge is 2.51. The maximum atomic E-state index is 12.0. The van der Waals surface area contributed by atoms with Crippen LogP contribution < -0.4 is 14.3 Å². The third kappa shape index (κ3) is 5.44. The molecule has 0 aliphatic carbocycles. The fourth-order valence-electron chi connectivity index (χ4n) is 5.28. The summed E-state index contributed by atoms with van der Waals surface area (Å²) in [4.78, 5) is 4.95. The van der Waals surface area contributed by atoms with E-state index in [-0.39, 0.29) is 11.5 Å². The van der Waals surface area contributed by atoms with Gasteiger partial charge in [-0.15, -0.1) is 0 Å². The van der Waals surface area contributed by atoms with Crippen molar-refractivity contribution in [2.75, 3.05) is 19.8 Å². The number of hydrogen-bond donors (Lipinski definition) is 2. The number of nitrogens with zero attached hydrogens (tertiary/aromatic N) is 2. The maximum absolute atomic E-state index is 12.0. The third-order valence-corrected chi connectivity index (χ3v) is 7.54. The van der Waals surface area contributed by atoms with Gasteiger partial charge in [-0.2, -0.15) is 12.7 Å². The predicted molar refractivity (Wildman–Crippen MR) is 123 cm³/mol. The van der Waals surface area contributed by atoms with Gasteiger partial charge in [0.2, 0.25) is 0 Å². The number of aromatic nitrogens is 2. The van der Waals surface area contributed by atoms with Crippen molar-refractivity contribution in [3.8, 4) is 0 Å². The number of rotatable bonds is 7. The highest BCUT2D eigenvalue weighted by Crippen LogP contribution is 2.40. The highest BCUT2D eigenvalue weighted by atomic mass is 32.3. The molecule has 3 unspecified atom stereocenters. The van der Waals surface area contributed by atoms with Crippen LogP contribution in [0, 0.1) is 0 Å². The summed E-state index contributed by atoms with van der Waals surface area (Å²) in [6, 6.07) is 1.86. The van der Waals surface area contributed by atoms with Gasteiger partial charge in [-0.1, -0.05) is 26.0 Å². The van der Waals surface area contributed by atoms with Crippen molar-refractivity contribution >= 4 is 10.4 Å². The lowest BCUT2D eigenvalue weighted by Gasteiger charge is -2.37. The molecule has 34 heavy (non-hydrogen) atoms. The van der Waals surface area contributed by atoms with Gasteiger partial charge in [-0.05, 0) is 67.5 Å². The van der Waals surface area contributed by atoms with Crippen LogP contribution in [0.15, 0.2) is 18.2 Å². The molecule has 4 heterocycles. The summed E-state index contributed by atoms with van der Waals surface area (Å²) in [7, 11) is -4.82. The average molecular weight is 500 g/mol. The molecule has 2 saturated heterocycles. The summed E-state index contributed by atoms with van der Waals surface area (Å²) in [6.07, 6.45) is 11.4. The Bertz CT molecular complexity index is 924. The van der Waals surface area contributed by atoms with E-state index in [1.165, 1.54) is 4.73 Å². The molecule has 0 saturated carbocycles. The molecule has 3 aliphatic heterocycles. The van der Waals surface area contributed by atoms with Crippen LogP contribution in [-0.4, -0.2) is 43.2 Å². The van der Waals surface area contributed by atoms with E-state index >= 15 is 0 Å². The second-order valence-corrected chi connectivity index (χ2v) is 10.2. The van der Waals surface area contributed by atoms with Crippen molar-refractivity contribution in [3.05, 3.63) is 35.4 Å². The van der Waals surface area contributed by atoms with Gasteiger partial charge in [-0.3, -0.25) is 4.55 Å². The zero-order chi connectivity index (χ0) is 23.5. The van der Waals surface area contributed by atoms with Crippen LogP contribution in [0.3, 0.4) is 0 Å². The molecule has 0 bridgehead atoms. The van der Waals surface area contributed by atoms with Gasteiger partial charge < -0.3 is 20.3 Å². The normalized spacial score (nSPS) is 29.9. The lowest BCUT2D eigenvalue weighted by Crippen LogP contribution is -2.61. The molecule has 10 nitrogen and oxygen atoms in total. The first-order valence-electron chi connectivity index (χ1n) is 12.1. The van der Waals surface area contributed by atoms with Crippen molar-refractivity contribution in [2.45, 2.75) is 88.9 Å². The molecule has 0 amide bonds. The van der Waals surface area contributed by atoms with Gasteiger partial charge in [0, 0.05) is 25.8 Å². The minimum Gasteiger partial charge on any atom is -0.870 e. The minimum absolute atomic E-state index is 0. The second-order valence-electron chi connectivity index (χ2n) is 9.16. The zero-order valence-electron chi connectivity index (χ0n) is 20.0. The van der Waals surface area contributed by atoms with Gasteiger partial charge in [0.05, 0.1) is 6.04 Å². The molecular weight excluding hydrogens is 462 g/mol. The molecular formula is C23H37N3O7S. The summed E-state index contributed by atoms with van der Waals surface area (Å²) < 4.78 is 52.9. The van der Waals surface area contributed by atoms with Crippen LogP contribution in [0.4, 0.5) is 0 Å². The van der Waals surface area contributed by atoms with Gasteiger partial charge in [-0.25, -0.2) is 0 Å². The SMILES string of the molecule is CCC1(c2cc(C3CC=CCN3)nc(C3(CC)CCCCO3)[n+]2OS(=O)(=O)O)CCCCO1.[OH-]. The summed E-state index contributed by atoms with van der Waals surface area (Å²) in [6.45, 7) is 5.90. The van der Waals surface area contributed by atoms with E-state index in [1.807, 2.05) is 19.9 Å². The predicted octanol–water partition coefficient (Wildman–Crippen LogP) is 2.63. The molecule has 3 aliphatic rings. The molecule has 4 rings (SSSR count).